The molecule has 2 aromatic heterocycles. The number of hydrogen-bond acceptors (Lipinski definition) is 21. The Hall–Kier alpha value is -9.64. The molecule has 21 N–H and O–H groups in total. The number of H-pyrrole nitrogens is 1. The van der Waals surface area contributed by atoms with Gasteiger partial charge in [-0.3, -0.25) is 72.8 Å². The summed E-state index contributed by atoms with van der Waals surface area (Å²) in [5.41, 5.74) is 27.8. The zero-order valence-corrected chi connectivity index (χ0v) is 47.2. The van der Waals surface area contributed by atoms with Crippen molar-refractivity contribution < 1.29 is 68.4 Å². The number of Topliss-reactive ketones (excluding diaryl/α,β-unsaturated/α-hetero) is 1. The SMILES string of the molecule is NC(N)=NCCC[C@H](NC(=O)CC[C@H](NC(=O)c1ccc(NCc2cnc3nc(N)[nH]c(=O)c3n2)cc1)C(=O)O)C(=O)N[C@@H](CCCN=C(N)N)C(=O)N[C@H](C(=O)O)C(=O)NCCCCCC(=O)CN1CCN(CC(=O)O)CCN(CC(=O)O)CC1. The average molecular weight is 1210 g/mol. The zero-order valence-electron chi connectivity index (χ0n) is 47.2. The summed E-state index contributed by atoms with van der Waals surface area (Å²) >= 11 is 0. The van der Waals surface area contributed by atoms with E-state index in [-0.39, 0.29) is 118 Å². The number of fused-ring (bicyclic) bond motifs is 1. The van der Waals surface area contributed by atoms with Crippen LogP contribution in [0.5, 0.6) is 0 Å². The van der Waals surface area contributed by atoms with Crippen molar-refractivity contribution in [1.29, 1.82) is 0 Å². The number of rotatable bonds is 36. The Morgan fingerprint density at radius 2 is 1.17 bits per heavy atom. The van der Waals surface area contributed by atoms with E-state index in [2.05, 4.69) is 61.8 Å². The fraction of sp³-hybridized carbons (Fsp3) is 0.529. The van der Waals surface area contributed by atoms with E-state index in [1.807, 2.05) is 4.90 Å². The third kappa shape index (κ3) is 25.5. The normalized spacial score (nSPS) is 14.5. The molecule has 0 aliphatic carbocycles. The Morgan fingerprint density at radius 1 is 0.616 bits per heavy atom. The molecule has 470 valence electrons. The Morgan fingerprint density at radius 3 is 1.72 bits per heavy atom. The predicted octanol–water partition coefficient (Wildman–Crippen LogP) is -5.15. The molecule has 3 heterocycles. The van der Waals surface area contributed by atoms with Crippen LogP contribution in [0, 0.1) is 0 Å². The average Bonchev–Trinajstić information content (AvgIpc) is 2.15. The van der Waals surface area contributed by atoms with E-state index < -0.39 is 96.0 Å². The zero-order chi connectivity index (χ0) is 63.3. The van der Waals surface area contributed by atoms with E-state index in [0.717, 1.165) is 0 Å². The van der Waals surface area contributed by atoms with Crippen molar-refractivity contribution in [2.24, 2.45) is 32.9 Å². The largest absolute Gasteiger partial charge is 0.480 e. The molecule has 0 bridgehead atoms. The summed E-state index contributed by atoms with van der Waals surface area (Å²) < 4.78 is 0. The van der Waals surface area contributed by atoms with E-state index in [1.165, 1.54) is 30.5 Å². The first-order chi connectivity index (χ1) is 40.9. The van der Waals surface area contributed by atoms with Gasteiger partial charge in [0.1, 0.15) is 23.9 Å². The number of nitrogens with one attached hydrogen (secondary N) is 7. The van der Waals surface area contributed by atoms with Crippen molar-refractivity contribution in [1.82, 2.24) is 61.2 Å². The summed E-state index contributed by atoms with van der Waals surface area (Å²) in [6, 6.07) is -0.812. The van der Waals surface area contributed by atoms with Crippen molar-refractivity contribution in [2.45, 2.75) is 94.9 Å². The molecule has 4 atom stereocenters. The summed E-state index contributed by atoms with van der Waals surface area (Å²) in [6.07, 6.45) is 1.52. The van der Waals surface area contributed by atoms with E-state index >= 15 is 0 Å². The van der Waals surface area contributed by atoms with Crippen molar-refractivity contribution in [3.05, 3.63) is 52.1 Å². The maximum absolute atomic E-state index is 14.0. The van der Waals surface area contributed by atoms with Gasteiger partial charge in [-0.1, -0.05) is 6.42 Å². The monoisotopic (exact) mass is 1210 g/mol. The number of aromatic amines is 1. The molecule has 1 aliphatic rings. The second-order valence-corrected chi connectivity index (χ2v) is 19.9. The Kier molecular flexibility index (Phi) is 28.4. The van der Waals surface area contributed by atoms with Gasteiger partial charge in [-0.25, -0.2) is 19.6 Å². The number of carbonyl (C=O) groups is 10. The molecule has 1 aliphatic heterocycles. The molecule has 4 rings (SSSR count). The van der Waals surface area contributed by atoms with Gasteiger partial charge < -0.3 is 81.0 Å². The van der Waals surface area contributed by atoms with Crippen molar-refractivity contribution in [2.75, 3.05) is 89.6 Å². The molecule has 35 heteroatoms. The number of nitrogen functional groups attached to an aromatic ring is 1. The Balaban J connectivity index is 1.32. The highest BCUT2D eigenvalue weighted by Crippen LogP contribution is 2.14. The molecular formula is C51H76N20O15. The molecule has 3 aromatic rings. The van der Waals surface area contributed by atoms with Crippen LogP contribution in [-0.4, -0.2) is 229 Å². The van der Waals surface area contributed by atoms with Crippen LogP contribution in [0.4, 0.5) is 11.6 Å². The molecule has 86 heavy (non-hydrogen) atoms. The number of carbonyl (C=O) groups excluding carboxylic acids is 6. The van der Waals surface area contributed by atoms with E-state index in [4.69, 9.17) is 28.7 Å². The lowest BCUT2D eigenvalue weighted by Gasteiger charge is -2.24. The van der Waals surface area contributed by atoms with Gasteiger partial charge in [0.2, 0.25) is 29.7 Å². The number of carboxylic acids is 4. The first-order valence-electron chi connectivity index (χ1n) is 27.4. The molecule has 1 saturated heterocycles. The highest BCUT2D eigenvalue weighted by Gasteiger charge is 2.33. The van der Waals surface area contributed by atoms with Crippen LogP contribution < -0.4 is 66.1 Å². The molecular weight excluding hydrogens is 1130 g/mol. The molecule has 0 spiro atoms. The molecule has 0 unspecified atom stereocenters. The second kappa shape index (κ2) is 35.5. The van der Waals surface area contributed by atoms with Gasteiger partial charge in [-0.2, -0.15) is 4.98 Å². The van der Waals surface area contributed by atoms with Crippen LogP contribution in [0.25, 0.3) is 11.2 Å². The number of ketones is 1. The fourth-order valence-corrected chi connectivity index (χ4v) is 8.64. The number of aliphatic carboxylic acids is 4. The minimum atomic E-state index is -2.15. The van der Waals surface area contributed by atoms with Crippen molar-refractivity contribution in [3.8, 4) is 0 Å². The maximum atomic E-state index is 14.0. The fourth-order valence-electron chi connectivity index (χ4n) is 8.64. The number of nitrogens with two attached hydrogens (primary N) is 5. The topological polar surface area (TPSA) is 560 Å². The standard InChI is InChI=1S/C51H76N20O15/c52-49(53)58-16-4-7-33(63-36(73)14-13-35(47(83)84)65-42(78)29-9-11-30(12-10-29)60-24-31-25-61-41-39(62-31)46(82)68-51(56)67-41)43(79)64-34(8-5-17-59-50(54)55)44(80)66-40(48(85)86)45(81)57-15-3-1-2-6-32(72)26-69-18-20-70(27-37(74)75)22-23-71(21-19-69)28-38(76)77/h9-12,25,33-35,40,60H,1-8,13-24,26-28H2,(H,57,81)(H,63,73)(H,64,79)(H,65,78)(H,66,80)(H,74,75)(H,76,77)(H,83,84)(H,85,86)(H4,52,53,58)(H4,54,55,59)(H3,56,61,67,68,82)/t33-,34-,35-,40-/m0/s1. The van der Waals surface area contributed by atoms with E-state index in [9.17, 15) is 73.2 Å². The third-order valence-electron chi connectivity index (χ3n) is 13.1. The van der Waals surface area contributed by atoms with E-state index in [1.54, 1.807) is 9.80 Å². The minimum absolute atomic E-state index is 0.00778. The number of carboxylic acid groups (broad SMARTS) is 4. The number of amides is 5. The van der Waals surface area contributed by atoms with E-state index in [0.29, 0.717) is 69.9 Å². The van der Waals surface area contributed by atoms with Crippen LogP contribution >= 0.6 is 0 Å². The maximum Gasteiger partial charge on any atom is 0.336 e. The summed E-state index contributed by atoms with van der Waals surface area (Å²) in [7, 11) is 0. The lowest BCUT2D eigenvalue weighted by molar-refractivity contribution is -0.147. The number of guanidine groups is 2. The minimum Gasteiger partial charge on any atom is -0.480 e. The summed E-state index contributed by atoms with van der Waals surface area (Å²) in [5.74, 6) is -10.9. The van der Waals surface area contributed by atoms with Crippen molar-refractivity contribution in [3.63, 3.8) is 0 Å². The Labute approximate surface area is 491 Å². The number of hydrogen-bond donors (Lipinski definition) is 16. The van der Waals surface area contributed by atoms with Crippen molar-refractivity contribution >= 4 is 93.9 Å². The highest BCUT2D eigenvalue weighted by molar-refractivity contribution is 6.05. The molecule has 1 fully saturated rings. The number of aromatic nitrogens is 4. The summed E-state index contributed by atoms with van der Waals surface area (Å²) in [5, 5.41) is 53.7. The van der Waals surface area contributed by atoms with Gasteiger partial charge in [0.05, 0.1) is 38.1 Å². The lowest BCUT2D eigenvalue weighted by Crippen LogP contribution is -2.58. The van der Waals surface area contributed by atoms with Gasteiger partial charge in [0, 0.05) is 83.0 Å². The van der Waals surface area contributed by atoms with Crippen LogP contribution in [0.15, 0.2) is 45.2 Å². The van der Waals surface area contributed by atoms with Crippen LogP contribution in [0.3, 0.4) is 0 Å². The van der Waals surface area contributed by atoms with Gasteiger partial charge in [-0.05, 0) is 69.2 Å². The summed E-state index contributed by atoms with van der Waals surface area (Å²) in [4.78, 5) is 168. The quantitative estimate of drug-likeness (QED) is 0.0112. The van der Waals surface area contributed by atoms with Gasteiger partial charge >= 0.3 is 23.9 Å². The first kappa shape index (κ1) is 68.9. The second-order valence-electron chi connectivity index (χ2n) is 19.9. The number of anilines is 2. The number of nitrogens with zero attached hydrogens (tertiary/aromatic N) is 8. The number of benzene rings is 1. The number of unbranched alkanes of at least 4 members (excludes halogenated alkanes) is 2. The van der Waals surface area contributed by atoms with Crippen LogP contribution in [0.2, 0.25) is 0 Å². The van der Waals surface area contributed by atoms with Gasteiger partial charge in [0.15, 0.2) is 23.1 Å². The Bertz CT molecular complexity index is 2940. The van der Waals surface area contributed by atoms with Gasteiger partial charge in [-0.15, -0.1) is 0 Å². The first-order valence-corrected chi connectivity index (χ1v) is 27.4. The van der Waals surface area contributed by atoms with Gasteiger partial charge in [0.25, 0.3) is 17.4 Å². The van der Waals surface area contributed by atoms with Crippen LogP contribution in [0.1, 0.15) is 80.3 Å². The molecule has 5 amide bonds. The lowest BCUT2D eigenvalue weighted by atomic mass is 10.1. The third-order valence-corrected chi connectivity index (χ3v) is 13.1. The summed E-state index contributed by atoms with van der Waals surface area (Å²) in [6.45, 7) is 1.79. The predicted molar refractivity (Wildman–Crippen MR) is 309 cm³/mol. The number of aliphatic imine (C=N–C) groups is 2. The molecule has 35 nitrogen and oxygen atoms in total. The smallest absolute Gasteiger partial charge is 0.336 e. The molecule has 0 radical (unpaired) electrons. The van der Waals surface area contributed by atoms with Crippen LogP contribution in [-0.2, 0) is 49.7 Å². The molecule has 1 aromatic carbocycles. The highest BCUT2D eigenvalue weighted by atomic mass is 16.4. The molecule has 0 saturated carbocycles.